The van der Waals surface area contributed by atoms with Crippen molar-refractivity contribution in [1.29, 1.82) is 0 Å². The van der Waals surface area contributed by atoms with E-state index >= 15 is 0 Å². The fourth-order valence-electron chi connectivity index (χ4n) is 2.94. The molecule has 0 spiro atoms. The molecule has 1 aliphatic carbocycles. The van der Waals surface area contributed by atoms with Crippen molar-refractivity contribution in [2.75, 3.05) is 5.32 Å². The van der Waals surface area contributed by atoms with Gasteiger partial charge in [-0.15, -0.1) is 13.2 Å². The summed E-state index contributed by atoms with van der Waals surface area (Å²) in [5.74, 6) is 0.857. The van der Waals surface area contributed by atoms with Gasteiger partial charge in [0.15, 0.2) is 0 Å². The standard InChI is InChI=1S/C15H20F3NO/c1-10-5-3-6-11(2)14(10)19-12-7-4-8-13(9-12)20-15(16,17)18/h4,7-11,14,19H,3,5-6H2,1-2H3. The van der Waals surface area contributed by atoms with Crippen LogP contribution in [-0.4, -0.2) is 12.4 Å². The van der Waals surface area contributed by atoms with Gasteiger partial charge in [-0.1, -0.05) is 26.3 Å². The third-order valence-corrected chi connectivity index (χ3v) is 3.95. The Bertz CT molecular complexity index is 437. The van der Waals surface area contributed by atoms with Gasteiger partial charge in [0.1, 0.15) is 5.75 Å². The zero-order chi connectivity index (χ0) is 14.8. The maximum absolute atomic E-state index is 12.2. The highest BCUT2D eigenvalue weighted by molar-refractivity contribution is 5.49. The number of halogens is 3. The first kappa shape index (κ1) is 15.0. The molecule has 112 valence electrons. The van der Waals surface area contributed by atoms with Crippen LogP contribution in [0.15, 0.2) is 24.3 Å². The molecule has 1 N–H and O–H groups in total. The van der Waals surface area contributed by atoms with Gasteiger partial charge in [0.2, 0.25) is 0 Å². The number of nitrogens with one attached hydrogen (secondary N) is 1. The van der Waals surface area contributed by atoms with Crippen LogP contribution in [0, 0.1) is 11.8 Å². The minimum Gasteiger partial charge on any atom is -0.406 e. The molecule has 1 saturated carbocycles. The zero-order valence-electron chi connectivity index (χ0n) is 11.7. The molecular weight excluding hydrogens is 267 g/mol. The largest absolute Gasteiger partial charge is 0.573 e. The first-order chi connectivity index (χ1) is 9.35. The normalized spacial score (nSPS) is 27.1. The van der Waals surface area contributed by atoms with Crippen LogP contribution in [0.2, 0.25) is 0 Å². The van der Waals surface area contributed by atoms with Crippen LogP contribution in [0.5, 0.6) is 5.75 Å². The lowest BCUT2D eigenvalue weighted by Gasteiger charge is -2.36. The Morgan fingerprint density at radius 1 is 1.15 bits per heavy atom. The van der Waals surface area contributed by atoms with Crippen molar-refractivity contribution in [3.63, 3.8) is 0 Å². The number of rotatable bonds is 3. The molecule has 20 heavy (non-hydrogen) atoms. The Labute approximate surface area is 117 Å². The third kappa shape index (κ3) is 4.05. The molecule has 0 saturated heterocycles. The summed E-state index contributed by atoms with van der Waals surface area (Å²) in [6, 6.07) is 6.36. The molecule has 0 radical (unpaired) electrons. The van der Waals surface area contributed by atoms with Gasteiger partial charge in [0, 0.05) is 17.8 Å². The minimum absolute atomic E-state index is 0.182. The molecule has 1 fully saturated rings. The second kappa shape index (κ2) is 5.94. The summed E-state index contributed by atoms with van der Waals surface area (Å²) in [4.78, 5) is 0. The van der Waals surface area contributed by atoms with Crippen LogP contribution in [0.3, 0.4) is 0 Å². The van der Waals surface area contributed by atoms with Gasteiger partial charge in [0.05, 0.1) is 0 Å². The predicted molar refractivity (Wildman–Crippen MR) is 72.7 cm³/mol. The SMILES string of the molecule is CC1CCCC(C)C1Nc1cccc(OC(F)(F)F)c1. The number of hydrogen-bond donors (Lipinski definition) is 1. The van der Waals surface area contributed by atoms with Gasteiger partial charge in [-0.2, -0.15) is 0 Å². The third-order valence-electron chi connectivity index (χ3n) is 3.95. The predicted octanol–water partition coefficient (Wildman–Crippen LogP) is 4.82. The molecule has 5 heteroatoms. The smallest absolute Gasteiger partial charge is 0.406 e. The highest BCUT2D eigenvalue weighted by atomic mass is 19.4. The van der Waals surface area contributed by atoms with Gasteiger partial charge in [-0.05, 0) is 36.8 Å². The lowest BCUT2D eigenvalue weighted by molar-refractivity contribution is -0.274. The Morgan fingerprint density at radius 3 is 2.40 bits per heavy atom. The molecule has 2 rings (SSSR count). The average molecular weight is 287 g/mol. The van der Waals surface area contributed by atoms with Crippen molar-refractivity contribution >= 4 is 5.69 Å². The molecule has 0 bridgehead atoms. The summed E-state index contributed by atoms with van der Waals surface area (Å²) in [5, 5.41) is 3.36. The number of hydrogen-bond acceptors (Lipinski definition) is 2. The lowest BCUT2D eigenvalue weighted by Crippen LogP contribution is -2.37. The molecule has 2 atom stereocenters. The molecule has 1 aromatic rings. The summed E-state index contributed by atoms with van der Waals surface area (Å²) in [6.45, 7) is 4.37. The van der Waals surface area contributed by atoms with E-state index in [4.69, 9.17) is 0 Å². The number of ether oxygens (including phenoxy) is 1. The number of benzene rings is 1. The van der Waals surface area contributed by atoms with Crippen molar-refractivity contribution in [2.45, 2.75) is 45.5 Å². The van der Waals surface area contributed by atoms with E-state index in [9.17, 15) is 13.2 Å². The molecule has 0 aromatic heterocycles. The molecule has 2 nitrogen and oxygen atoms in total. The molecule has 1 aromatic carbocycles. The van der Waals surface area contributed by atoms with Crippen LogP contribution < -0.4 is 10.1 Å². The minimum atomic E-state index is -4.65. The van der Waals surface area contributed by atoms with Crippen LogP contribution >= 0.6 is 0 Å². The Kier molecular flexibility index (Phi) is 4.45. The topological polar surface area (TPSA) is 21.3 Å². The van der Waals surface area contributed by atoms with Crippen LogP contribution in [0.1, 0.15) is 33.1 Å². The average Bonchev–Trinajstić information content (AvgIpc) is 2.32. The number of anilines is 1. The van der Waals surface area contributed by atoms with Crippen molar-refractivity contribution < 1.29 is 17.9 Å². The Balaban J connectivity index is 2.07. The molecule has 1 aliphatic rings. The van der Waals surface area contributed by atoms with E-state index in [1.807, 2.05) is 0 Å². The highest BCUT2D eigenvalue weighted by Gasteiger charge is 2.31. The molecular formula is C15H20F3NO. The van der Waals surface area contributed by atoms with E-state index in [0.717, 1.165) is 12.8 Å². The monoisotopic (exact) mass is 287 g/mol. The van der Waals surface area contributed by atoms with Crippen LogP contribution in [-0.2, 0) is 0 Å². The van der Waals surface area contributed by atoms with Crippen molar-refractivity contribution in [1.82, 2.24) is 0 Å². The van der Waals surface area contributed by atoms with E-state index in [1.54, 1.807) is 12.1 Å². The lowest BCUT2D eigenvalue weighted by atomic mass is 9.78. The van der Waals surface area contributed by atoms with E-state index in [1.165, 1.54) is 18.6 Å². The number of alkyl halides is 3. The summed E-state index contributed by atoms with van der Waals surface area (Å²) in [6.07, 6.45) is -1.12. The van der Waals surface area contributed by atoms with Gasteiger partial charge >= 0.3 is 6.36 Å². The van der Waals surface area contributed by atoms with Gasteiger partial charge in [-0.3, -0.25) is 0 Å². The zero-order valence-corrected chi connectivity index (χ0v) is 11.7. The van der Waals surface area contributed by atoms with Gasteiger partial charge in [0.25, 0.3) is 0 Å². The summed E-state index contributed by atoms with van der Waals surface area (Å²) < 4.78 is 40.6. The van der Waals surface area contributed by atoms with Crippen molar-refractivity contribution in [2.24, 2.45) is 11.8 Å². The second-order valence-electron chi connectivity index (χ2n) is 5.63. The molecule has 2 unspecified atom stereocenters. The van der Waals surface area contributed by atoms with Gasteiger partial charge < -0.3 is 10.1 Å². The van der Waals surface area contributed by atoms with Crippen molar-refractivity contribution in [3.8, 4) is 5.75 Å². The van der Waals surface area contributed by atoms with E-state index in [2.05, 4.69) is 23.9 Å². The molecule has 0 aliphatic heterocycles. The fraction of sp³-hybridized carbons (Fsp3) is 0.600. The Morgan fingerprint density at radius 2 is 1.80 bits per heavy atom. The van der Waals surface area contributed by atoms with E-state index in [-0.39, 0.29) is 5.75 Å². The van der Waals surface area contributed by atoms with Crippen LogP contribution in [0.25, 0.3) is 0 Å². The fourth-order valence-corrected chi connectivity index (χ4v) is 2.94. The summed E-state index contributed by atoms with van der Waals surface area (Å²) in [5.41, 5.74) is 0.678. The first-order valence-corrected chi connectivity index (χ1v) is 6.97. The summed E-state index contributed by atoms with van der Waals surface area (Å²) >= 11 is 0. The summed E-state index contributed by atoms with van der Waals surface area (Å²) in [7, 11) is 0. The van der Waals surface area contributed by atoms with E-state index < -0.39 is 6.36 Å². The highest BCUT2D eigenvalue weighted by Crippen LogP contribution is 2.32. The maximum atomic E-state index is 12.2. The first-order valence-electron chi connectivity index (χ1n) is 6.97. The van der Waals surface area contributed by atoms with Crippen LogP contribution in [0.4, 0.5) is 18.9 Å². The quantitative estimate of drug-likeness (QED) is 0.860. The van der Waals surface area contributed by atoms with Crippen molar-refractivity contribution in [3.05, 3.63) is 24.3 Å². The van der Waals surface area contributed by atoms with E-state index in [0.29, 0.717) is 23.6 Å². The Hall–Kier alpha value is -1.39. The molecule has 0 heterocycles. The maximum Gasteiger partial charge on any atom is 0.573 e. The molecule has 0 amide bonds. The van der Waals surface area contributed by atoms with Gasteiger partial charge in [-0.25, -0.2) is 0 Å². The second-order valence-corrected chi connectivity index (χ2v) is 5.63.